The van der Waals surface area contributed by atoms with Crippen LogP contribution in [-0.4, -0.2) is 49.2 Å². The van der Waals surface area contributed by atoms with Crippen LogP contribution in [0.5, 0.6) is 17.2 Å². The van der Waals surface area contributed by atoms with Crippen molar-refractivity contribution in [2.45, 2.75) is 37.5 Å². The van der Waals surface area contributed by atoms with Gasteiger partial charge in [0.05, 0.1) is 17.5 Å². The number of hydrogen-bond donors (Lipinski definition) is 2. The molecule has 198 valence electrons. The van der Waals surface area contributed by atoms with Crippen molar-refractivity contribution in [3.8, 4) is 17.2 Å². The van der Waals surface area contributed by atoms with Crippen LogP contribution in [0.4, 0.5) is 5.82 Å². The third-order valence-corrected chi connectivity index (χ3v) is 7.12. The van der Waals surface area contributed by atoms with Crippen LogP contribution in [0, 0.1) is 0 Å². The highest BCUT2D eigenvalue weighted by atomic mass is 35.5. The number of anilines is 1. The first kappa shape index (κ1) is 25.9. The number of ether oxygens (including phenoxy) is 2. The number of nitrogens with zero attached hydrogens (tertiary/aromatic N) is 2. The third kappa shape index (κ3) is 5.70. The number of pyridine rings is 1. The summed E-state index contributed by atoms with van der Waals surface area (Å²) in [4.78, 5) is 31.1. The molecular formula is C29H30ClN3O5. The molecule has 0 radical (unpaired) electrons. The standard InChI is InChI=1S/C29H30ClN3O5/c1-33(2)27-18(7-10-24(32-27)17-3-4-17)11-13-31-28(34)19-5-8-20(9-6-19)38-26-16-25-22(15-23(26)30)21(29(35)36)12-14-37-25/h5-10,15-17,21H,3-4,11-14H2,1-2H3,(H,31,34)(H,35,36). The van der Waals surface area contributed by atoms with E-state index >= 15 is 0 Å². The number of carbonyl (C=O) groups is 2. The van der Waals surface area contributed by atoms with E-state index in [1.54, 1.807) is 36.4 Å². The zero-order chi connectivity index (χ0) is 26.8. The van der Waals surface area contributed by atoms with E-state index in [2.05, 4.69) is 17.4 Å². The van der Waals surface area contributed by atoms with E-state index in [1.807, 2.05) is 19.0 Å². The van der Waals surface area contributed by atoms with Crippen LogP contribution in [0.15, 0.2) is 48.5 Å². The van der Waals surface area contributed by atoms with Crippen molar-refractivity contribution in [2.24, 2.45) is 0 Å². The van der Waals surface area contributed by atoms with Gasteiger partial charge in [-0.15, -0.1) is 0 Å². The summed E-state index contributed by atoms with van der Waals surface area (Å²) in [7, 11) is 3.98. The molecule has 1 aromatic heterocycles. The topological polar surface area (TPSA) is 101 Å². The molecule has 38 heavy (non-hydrogen) atoms. The molecule has 1 fully saturated rings. The summed E-state index contributed by atoms with van der Waals surface area (Å²) in [5, 5.41) is 12.7. The number of carboxylic acid groups (broad SMARTS) is 1. The summed E-state index contributed by atoms with van der Waals surface area (Å²) >= 11 is 6.38. The van der Waals surface area contributed by atoms with Crippen molar-refractivity contribution in [1.82, 2.24) is 10.3 Å². The lowest BCUT2D eigenvalue weighted by Gasteiger charge is -2.24. The van der Waals surface area contributed by atoms with Gasteiger partial charge in [0, 0.05) is 49.4 Å². The van der Waals surface area contributed by atoms with E-state index in [-0.39, 0.29) is 5.91 Å². The fourth-order valence-electron chi connectivity index (χ4n) is 4.62. The minimum atomic E-state index is -0.908. The van der Waals surface area contributed by atoms with Crippen molar-refractivity contribution in [3.63, 3.8) is 0 Å². The second-order valence-corrected chi connectivity index (χ2v) is 10.3. The molecule has 1 aliphatic heterocycles. The van der Waals surface area contributed by atoms with E-state index in [9.17, 15) is 14.7 Å². The van der Waals surface area contributed by atoms with E-state index in [1.165, 1.54) is 12.8 Å². The Bertz CT molecular complexity index is 1360. The second-order valence-electron chi connectivity index (χ2n) is 9.87. The Morgan fingerprint density at radius 1 is 1.13 bits per heavy atom. The number of hydrogen-bond acceptors (Lipinski definition) is 6. The molecule has 2 N–H and O–H groups in total. The monoisotopic (exact) mass is 535 g/mol. The van der Waals surface area contributed by atoms with Crippen molar-refractivity contribution in [1.29, 1.82) is 0 Å². The van der Waals surface area contributed by atoms with Gasteiger partial charge in [-0.1, -0.05) is 17.7 Å². The Balaban J connectivity index is 1.19. The molecule has 9 heteroatoms. The molecule has 3 aromatic rings. The maximum atomic E-state index is 12.7. The highest BCUT2D eigenvalue weighted by molar-refractivity contribution is 6.32. The molecule has 2 aromatic carbocycles. The fourth-order valence-corrected chi connectivity index (χ4v) is 4.83. The summed E-state index contributed by atoms with van der Waals surface area (Å²) < 4.78 is 11.5. The zero-order valence-corrected chi connectivity index (χ0v) is 22.1. The number of aliphatic carboxylic acids is 1. The highest BCUT2D eigenvalue weighted by Crippen LogP contribution is 2.42. The minimum Gasteiger partial charge on any atom is -0.493 e. The summed E-state index contributed by atoms with van der Waals surface area (Å²) in [5.74, 6) is 1.10. The van der Waals surface area contributed by atoms with Gasteiger partial charge in [-0.05, 0) is 67.6 Å². The van der Waals surface area contributed by atoms with Crippen LogP contribution in [0.25, 0.3) is 0 Å². The van der Waals surface area contributed by atoms with Gasteiger partial charge in [-0.25, -0.2) is 4.98 Å². The number of fused-ring (bicyclic) bond motifs is 1. The van der Waals surface area contributed by atoms with Gasteiger partial charge in [-0.2, -0.15) is 0 Å². The van der Waals surface area contributed by atoms with E-state index < -0.39 is 11.9 Å². The molecule has 2 aliphatic rings. The van der Waals surface area contributed by atoms with Gasteiger partial charge in [-0.3, -0.25) is 9.59 Å². The molecule has 1 aliphatic carbocycles. The van der Waals surface area contributed by atoms with Crippen LogP contribution in [0.3, 0.4) is 0 Å². The summed E-state index contributed by atoms with van der Waals surface area (Å²) in [6, 6.07) is 14.2. The lowest BCUT2D eigenvalue weighted by Crippen LogP contribution is -2.26. The lowest BCUT2D eigenvalue weighted by molar-refractivity contribution is -0.139. The molecule has 1 amide bonds. The predicted molar refractivity (Wildman–Crippen MR) is 145 cm³/mol. The Labute approximate surface area is 226 Å². The molecular weight excluding hydrogens is 506 g/mol. The van der Waals surface area contributed by atoms with Crippen molar-refractivity contribution in [2.75, 3.05) is 32.1 Å². The zero-order valence-electron chi connectivity index (χ0n) is 21.4. The molecule has 8 nitrogen and oxygen atoms in total. The van der Waals surface area contributed by atoms with Crippen LogP contribution in [0.2, 0.25) is 5.02 Å². The number of halogens is 1. The minimum absolute atomic E-state index is 0.176. The number of carboxylic acids is 1. The Hall–Kier alpha value is -3.78. The Kier molecular flexibility index (Phi) is 7.42. The average molecular weight is 536 g/mol. The second kappa shape index (κ2) is 10.9. The van der Waals surface area contributed by atoms with Gasteiger partial charge in [0.2, 0.25) is 0 Å². The van der Waals surface area contributed by atoms with Crippen LogP contribution in [-0.2, 0) is 11.2 Å². The molecule has 1 atom stereocenters. The first-order valence-electron chi connectivity index (χ1n) is 12.7. The molecule has 0 saturated heterocycles. The number of nitrogens with one attached hydrogen (secondary N) is 1. The first-order chi connectivity index (χ1) is 18.3. The quantitative estimate of drug-likeness (QED) is 0.378. The maximum Gasteiger partial charge on any atom is 0.311 e. The van der Waals surface area contributed by atoms with Crippen molar-refractivity contribution < 1.29 is 24.2 Å². The maximum absolute atomic E-state index is 12.7. The molecule has 5 rings (SSSR count). The van der Waals surface area contributed by atoms with Crippen LogP contribution >= 0.6 is 11.6 Å². The van der Waals surface area contributed by atoms with E-state index in [0.717, 1.165) is 17.1 Å². The highest BCUT2D eigenvalue weighted by Gasteiger charge is 2.29. The summed E-state index contributed by atoms with van der Waals surface area (Å²) in [6.45, 7) is 0.804. The largest absolute Gasteiger partial charge is 0.493 e. The number of aromatic nitrogens is 1. The van der Waals surface area contributed by atoms with E-state index in [4.69, 9.17) is 26.1 Å². The SMILES string of the molecule is CN(C)c1nc(C2CC2)ccc1CCNC(=O)c1ccc(Oc2cc3c(cc2Cl)C(C(=O)O)CCO3)cc1. The molecule has 1 unspecified atom stereocenters. The van der Waals surface area contributed by atoms with Crippen LogP contribution in [0.1, 0.15) is 58.3 Å². The van der Waals surface area contributed by atoms with Gasteiger partial charge in [0.25, 0.3) is 5.91 Å². The van der Waals surface area contributed by atoms with Crippen LogP contribution < -0.4 is 19.7 Å². The van der Waals surface area contributed by atoms with E-state index in [0.29, 0.717) is 65.3 Å². The molecule has 0 bridgehead atoms. The average Bonchev–Trinajstić information content (AvgIpc) is 3.75. The molecule has 2 heterocycles. The van der Waals surface area contributed by atoms with Gasteiger partial charge in [0.1, 0.15) is 23.1 Å². The Morgan fingerprint density at radius 2 is 1.89 bits per heavy atom. The number of benzene rings is 2. The smallest absolute Gasteiger partial charge is 0.311 e. The lowest BCUT2D eigenvalue weighted by atomic mass is 9.93. The van der Waals surface area contributed by atoms with Gasteiger partial charge < -0.3 is 24.8 Å². The van der Waals surface area contributed by atoms with Gasteiger partial charge >= 0.3 is 5.97 Å². The third-order valence-electron chi connectivity index (χ3n) is 6.82. The number of amides is 1. The number of rotatable bonds is 9. The molecule has 0 spiro atoms. The first-order valence-corrected chi connectivity index (χ1v) is 13.1. The van der Waals surface area contributed by atoms with Crippen molar-refractivity contribution in [3.05, 3.63) is 75.9 Å². The number of carbonyl (C=O) groups excluding carboxylic acids is 1. The normalized spacial score (nSPS) is 16.2. The summed E-state index contributed by atoms with van der Waals surface area (Å²) in [5.41, 5.74) is 3.30. The summed E-state index contributed by atoms with van der Waals surface area (Å²) in [6.07, 6.45) is 3.49. The molecule has 1 saturated carbocycles. The predicted octanol–water partition coefficient (Wildman–Crippen LogP) is 5.39. The fraction of sp³-hybridized carbons (Fsp3) is 0.345. The van der Waals surface area contributed by atoms with Crippen molar-refractivity contribution >= 4 is 29.3 Å². The Morgan fingerprint density at radius 3 is 2.58 bits per heavy atom. The van der Waals surface area contributed by atoms with Gasteiger partial charge in [0.15, 0.2) is 0 Å².